The summed E-state index contributed by atoms with van der Waals surface area (Å²) in [7, 11) is 2.17. The first kappa shape index (κ1) is 25.1. The van der Waals surface area contributed by atoms with Crippen molar-refractivity contribution in [1.82, 2.24) is 19.9 Å². The van der Waals surface area contributed by atoms with Crippen LogP contribution in [0, 0.1) is 0 Å². The van der Waals surface area contributed by atoms with Crippen LogP contribution in [0.2, 0.25) is 0 Å². The molecule has 8 nitrogen and oxygen atoms in total. The highest BCUT2D eigenvalue weighted by molar-refractivity contribution is 6.06. The summed E-state index contributed by atoms with van der Waals surface area (Å²) in [6, 6.07) is 16.5. The zero-order valence-corrected chi connectivity index (χ0v) is 22.3. The molecule has 6 rings (SSSR count). The molecule has 2 aromatic heterocycles. The molecule has 1 saturated heterocycles. The van der Waals surface area contributed by atoms with Gasteiger partial charge in [-0.15, -0.1) is 0 Å². The lowest BCUT2D eigenvalue weighted by Crippen LogP contribution is -2.44. The minimum Gasteiger partial charge on any atom is -0.474 e. The number of hydrogen-bond donors (Lipinski definition) is 2. The second-order valence-electron chi connectivity index (χ2n) is 10.4. The molecule has 2 aliphatic rings. The van der Waals surface area contributed by atoms with Crippen LogP contribution in [0.5, 0.6) is 5.88 Å². The maximum absolute atomic E-state index is 12.0. The van der Waals surface area contributed by atoms with Gasteiger partial charge in [0.2, 0.25) is 11.8 Å². The van der Waals surface area contributed by atoms with Gasteiger partial charge in [0.05, 0.1) is 11.1 Å². The topological polar surface area (TPSA) is 86.4 Å². The number of aromatic nitrogens is 3. The van der Waals surface area contributed by atoms with E-state index in [2.05, 4.69) is 68.0 Å². The van der Waals surface area contributed by atoms with E-state index in [-0.39, 0.29) is 12.0 Å². The van der Waals surface area contributed by atoms with E-state index in [1.165, 1.54) is 24.6 Å². The fourth-order valence-corrected chi connectivity index (χ4v) is 5.60. The van der Waals surface area contributed by atoms with Crippen molar-refractivity contribution in [2.24, 2.45) is 0 Å². The molecule has 1 amide bonds. The number of aromatic amines is 1. The van der Waals surface area contributed by atoms with Crippen molar-refractivity contribution >= 4 is 28.3 Å². The van der Waals surface area contributed by atoms with Gasteiger partial charge in [-0.2, -0.15) is 0 Å². The van der Waals surface area contributed by atoms with Crippen molar-refractivity contribution in [3.63, 3.8) is 0 Å². The molecule has 39 heavy (non-hydrogen) atoms. The summed E-state index contributed by atoms with van der Waals surface area (Å²) < 4.78 is 6.45. The number of benzene rings is 2. The van der Waals surface area contributed by atoms with E-state index in [0.29, 0.717) is 11.6 Å². The quantitative estimate of drug-likeness (QED) is 0.312. The summed E-state index contributed by atoms with van der Waals surface area (Å²) in [6.45, 7) is 7.75. The Morgan fingerprint density at radius 1 is 1.05 bits per heavy atom. The Bertz CT molecular complexity index is 1480. The molecule has 2 N–H and O–H groups in total. The number of ether oxygens (including phenoxy) is 1. The standard InChI is InChI=1S/C31H34N6O2/c1-3-26(38)34-23-8-6-7-22(19-23)27-28-30(32-20-33-31(28)39-25-9-4-5-10-25)35-29(27)21-11-13-24(14-12-21)37-17-15-36(2)16-18-37/h3,6-8,11-14,19-20,25H,1,4-5,9-10,15-18H2,2H3,(H,34,38)(H,32,33,35). The number of nitrogens with zero attached hydrogens (tertiary/aromatic N) is 4. The number of hydrogen-bond acceptors (Lipinski definition) is 6. The van der Waals surface area contributed by atoms with E-state index in [0.717, 1.165) is 72.4 Å². The van der Waals surface area contributed by atoms with Crippen LogP contribution >= 0.6 is 0 Å². The van der Waals surface area contributed by atoms with E-state index >= 15 is 0 Å². The van der Waals surface area contributed by atoms with E-state index in [1.807, 2.05) is 24.3 Å². The van der Waals surface area contributed by atoms with Crippen LogP contribution in [0.3, 0.4) is 0 Å². The minimum absolute atomic E-state index is 0.162. The van der Waals surface area contributed by atoms with Crippen molar-refractivity contribution in [2.75, 3.05) is 43.4 Å². The van der Waals surface area contributed by atoms with Crippen molar-refractivity contribution in [3.05, 3.63) is 67.5 Å². The molecule has 2 fully saturated rings. The van der Waals surface area contributed by atoms with Crippen LogP contribution in [0.25, 0.3) is 33.4 Å². The first-order chi connectivity index (χ1) is 19.1. The summed E-state index contributed by atoms with van der Waals surface area (Å²) in [4.78, 5) is 29.6. The molecule has 0 radical (unpaired) electrons. The monoisotopic (exact) mass is 522 g/mol. The zero-order valence-electron chi connectivity index (χ0n) is 22.3. The lowest BCUT2D eigenvalue weighted by Gasteiger charge is -2.34. The number of fused-ring (bicyclic) bond motifs is 1. The number of nitrogens with one attached hydrogen (secondary N) is 2. The number of rotatable bonds is 7. The Labute approximate surface area is 228 Å². The Balaban J connectivity index is 1.45. The Morgan fingerprint density at radius 3 is 2.56 bits per heavy atom. The normalized spacial score (nSPS) is 16.5. The second kappa shape index (κ2) is 10.9. The van der Waals surface area contributed by atoms with Crippen LogP contribution in [0.1, 0.15) is 25.7 Å². The molecule has 1 aliphatic heterocycles. The molecule has 8 heteroatoms. The summed E-state index contributed by atoms with van der Waals surface area (Å²) in [5.41, 5.74) is 6.54. The highest BCUT2D eigenvalue weighted by Gasteiger charge is 2.24. The number of H-pyrrole nitrogens is 1. The molecule has 0 spiro atoms. The van der Waals surface area contributed by atoms with Crippen molar-refractivity contribution < 1.29 is 9.53 Å². The molecule has 1 saturated carbocycles. The van der Waals surface area contributed by atoms with E-state index in [4.69, 9.17) is 4.74 Å². The van der Waals surface area contributed by atoms with E-state index in [1.54, 1.807) is 6.33 Å². The van der Waals surface area contributed by atoms with Crippen molar-refractivity contribution in [1.29, 1.82) is 0 Å². The van der Waals surface area contributed by atoms with Gasteiger partial charge < -0.3 is 24.8 Å². The lowest BCUT2D eigenvalue weighted by atomic mass is 9.98. The fraction of sp³-hybridized carbons (Fsp3) is 0.323. The molecular weight excluding hydrogens is 488 g/mol. The van der Waals surface area contributed by atoms with Crippen LogP contribution in [0.4, 0.5) is 11.4 Å². The van der Waals surface area contributed by atoms with Crippen LogP contribution in [-0.4, -0.2) is 65.1 Å². The number of anilines is 2. The average molecular weight is 523 g/mol. The number of carbonyl (C=O) groups excluding carboxylic acids is 1. The molecule has 0 unspecified atom stereocenters. The smallest absolute Gasteiger partial charge is 0.247 e. The third-order valence-corrected chi connectivity index (χ3v) is 7.76. The molecule has 4 aromatic rings. The van der Waals surface area contributed by atoms with Gasteiger partial charge >= 0.3 is 0 Å². The third kappa shape index (κ3) is 5.25. The molecule has 0 atom stereocenters. The first-order valence-corrected chi connectivity index (χ1v) is 13.7. The van der Waals surface area contributed by atoms with Gasteiger partial charge in [-0.05, 0) is 74.2 Å². The van der Waals surface area contributed by atoms with Gasteiger partial charge in [0, 0.05) is 43.1 Å². The Hall–Kier alpha value is -4.17. The van der Waals surface area contributed by atoms with Gasteiger partial charge in [-0.25, -0.2) is 9.97 Å². The maximum Gasteiger partial charge on any atom is 0.247 e. The summed E-state index contributed by atoms with van der Waals surface area (Å²) in [6.07, 6.45) is 7.42. The highest BCUT2D eigenvalue weighted by Crippen LogP contribution is 2.42. The van der Waals surface area contributed by atoms with E-state index in [9.17, 15) is 4.79 Å². The number of amides is 1. The van der Waals surface area contributed by atoms with Gasteiger partial charge in [0.15, 0.2) is 0 Å². The molecule has 2 aromatic carbocycles. The highest BCUT2D eigenvalue weighted by atomic mass is 16.5. The number of piperazine rings is 1. The fourth-order valence-electron chi connectivity index (χ4n) is 5.60. The molecule has 3 heterocycles. The Morgan fingerprint density at radius 2 is 1.82 bits per heavy atom. The SMILES string of the molecule is C=CC(=O)Nc1cccc(-c2c(-c3ccc(N4CCN(C)CC4)cc3)[nH]c3ncnc(OC4CCCC4)c23)c1. The van der Waals surface area contributed by atoms with Crippen LogP contribution < -0.4 is 15.0 Å². The van der Waals surface area contributed by atoms with E-state index < -0.39 is 0 Å². The number of carbonyl (C=O) groups is 1. The van der Waals surface area contributed by atoms with Gasteiger partial charge in [-0.1, -0.05) is 30.8 Å². The summed E-state index contributed by atoms with van der Waals surface area (Å²) in [5.74, 6) is 0.346. The minimum atomic E-state index is -0.251. The van der Waals surface area contributed by atoms with Crippen LogP contribution in [0.15, 0.2) is 67.5 Å². The van der Waals surface area contributed by atoms with Gasteiger partial charge in [-0.3, -0.25) is 4.79 Å². The number of likely N-dealkylation sites (N-methyl/N-ethyl adjacent to an activating group) is 1. The molecule has 1 aliphatic carbocycles. The predicted molar refractivity (Wildman–Crippen MR) is 156 cm³/mol. The van der Waals surface area contributed by atoms with Crippen molar-refractivity contribution in [3.8, 4) is 28.3 Å². The first-order valence-electron chi connectivity index (χ1n) is 13.7. The zero-order chi connectivity index (χ0) is 26.8. The molecule has 0 bridgehead atoms. The predicted octanol–water partition coefficient (Wildman–Crippen LogP) is 5.49. The molecule has 200 valence electrons. The van der Waals surface area contributed by atoms with Gasteiger partial charge in [0.25, 0.3) is 0 Å². The maximum atomic E-state index is 12.0. The van der Waals surface area contributed by atoms with Crippen LogP contribution in [-0.2, 0) is 4.79 Å². The molecular formula is C31H34N6O2. The average Bonchev–Trinajstić information content (AvgIpc) is 3.62. The third-order valence-electron chi connectivity index (χ3n) is 7.76. The van der Waals surface area contributed by atoms with Gasteiger partial charge in [0.1, 0.15) is 18.1 Å². The second-order valence-corrected chi connectivity index (χ2v) is 10.4. The Kier molecular flexibility index (Phi) is 7.02. The lowest BCUT2D eigenvalue weighted by molar-refractivity contribution is -0.111. The summed E-state index contributed by atoms with van der Waals surface area (Å²) >= 11 is 0. The largest absolute Gasteiger partial charge is 0.474 e. The van der Waals surface area contributed by atoms with Crippen molar-refractivity contribution in [2.45, 2.75) is 31.8 Å². The summed E-state index contributed by atoms with van der Waals surface area (Å²) in [5, 5.41) is 3.74.